The minimum absolute atomic E-state index is 0.127. The van der Waals surface area contributed by atoms with Crippen LogP contribution >= 0.6 is 0 Å². The highest BCUT2D eigenvalue weighted by atomic mass is 16.5. The number of para-hydroxylation sites is 1. The molecule has 1 N–H and O–H groups in total. The number of aromatic hydroxyl groups is 1. The van der Waals surface area contributed by atoms with E-state index in [1.54, 1.807) is 12.1 Å². The minimum Gasteiger partial charge on any atom is -0.507 e. The molecule has 0 saturated heterocycles. The van der Waals surface area contributed by atoms with E-state index in [0.29, 0.717) is 30.2 Å². The molecule has 0 fully saturated rings. The monoisotopic (exact) mass is 366 g/mol. The molecule has 2 aromatic carbocycles. The van der Waals surface area contributed by atoms with Crippen LogP contribution in [0, 0.1) is 0 Å². The Kier molecular flexibility index (Phi) is 5.79. The van der Waals surface area contributed by atoms with Crippen LogP contribution < -0.4 is 9.47 Å². The largest absolute Gasteiger partial charge is 0.507 e. The lowest BCUT2D eigenvalue weighted by atomic mass is 9.85. The molecule has 2 aromatic rings. The van der Waals surface area contributed by atoms with E-state index in [9.17, 15) is 5.11 Å². The molecular weight excluding hydrogens is 340 g/mol. The van der Waals surface area contributed by atoms with Crippen molar-refractivity contribution in [3.05, 3.63) is 53.1 Å². The average Bonchev–Trinajstić information content (AvgIpc) is 2.79. The Labute approximate surface area is 160 Å². The molecule has 1 atom stereocenters. The van der Waals surface area contributed by atoms with Gasteiger partial charge in [0.1, 0.15) is 11.5 Å². The molecule has 0 radical (unpaired) electrons. The first-order valence-corrected chi connectivity index (χ1v) is 9.45. The van der Waals surface area contributed by atoms with Crippen molar-refractivity contribution in [2.45, 2.75) is 40.0 Å². The van der Waals surface area contributed by atoms with Gasteiger partial charge in [-0.3, -0.25) is 0 Å². The Morgan fingerprint density at radius 2 is 1.59 bits per heavy atom. The Balaban J connectivity index is 2.28. The molecule has 1 aliphatic rings. The van der Waals surface area contributed by atoms with E-state index in [-0.39, 0.29) is 11.7 Å². The molecule has 0 amide bonds. The fraction of sp³-hybridized carbons (Fsp3) is 0.364. The summed E-state index contributed by atoms with van der Waals surface area (Å²) in [5.41, 5.74) is 4.23. The molecule has 0 aliphatic carbocycles. The molecule has 0 spiro atoms. The fourth-order valence-electron chi connectivity index (χ4n) is 3.47. The number of benzene rings is 2. The number of phenols is 1. The number of fused-ring (bicyclic) bond motifs is 1. The predicted octanol–water partition coefficient (Wildman–Crippen LogP) is 4.91. The molecular formula is C22H26N2O3. The lowest BCUT2D eigenvalue weighted by Gasteiger charge is -2.21. The van der Waals surface area contributed by atoms with Crippen molar-refractivity contribution in [1.29, 1.82) is 0 Å². The summed E-state index contributed by atoms with van der Waals surface area (Å²) < 4.78 is 11.7. The standard InChI is InChI=1S/C22H26N2O3/c1-5-15-14(4)23-24-22(16-10-8-9-11-19(16)25)18-13-21(27-7-3)20(26-6-2)12-17(15)18/h8-13,15,25H,5-7H2,1-4H3/t15-/m1/s1. The molecule has 1 heterocycles. The maximum absolute atomic E-state index is 10.4. The summed E-state index contributed by atoms with van der Waals surface area (Å²) in [6, 6.07) is 11.2. The van der Waals surface area contributed by atoms with Gasteiger partial charge in [-0.25, -0.2) is 0 Å². The Morgan fingerprint density at radius 3 is 2.22 bits per heavy atom. The van der Waals surface area contributed by atoms with E-state index in [0.717, 1.165) is 29.0 Å². The predicted molar refractivity (Wildman–Crippen MR) is 109 cm³/mol. The molecule has 0 unspecified atom stereocenters. The van der Waals surface area contributed by atoms with Crippen molar-refractivity contribution in [1.82, 2.24) is 0 Å². The second-order valence-electron chi connectivity index (χ2n) is 6.42. The van der Waals surface area contributed by atoms with Crippen LogP contribution in [0.3, 0.4) is 0 Å². The van der Waals surface area contributed by atoms with Gasteiger partial charge in [0, 0.05) is 22.8 Å². The van der Waals surface area contributed by atoms with Crippen molar-refractivity contribution >= 4 is 11.4 Å². The van der Waals surface area contributed by atoms with Crippen LogP contribution in [-0.2, 0) is 0 Å². The first kappa shape index (κ1) is 19.0. The maximum Gasteiger partial charge on any atom is 0.161 e. The molecule has 0 bridgehead atoms. The van der Waals surface area contributed by atoms with Crippen LogP contribution in [0.1, 0.15) is 56.7 Å². The number of phenolic OH excluding ortho intramolecular Hbond substituents is 1. The summed E-state index contributed by atoms with van der Waals surface area (Å²) in [5.74, 6) is 1.71. The number of ether oxygens (including phenoxy) is 2. The third-order valence-corrected chi connectivity index (χ3v) is 4.73. The topological polar surface area (TPSA) is 63.4 Å². The molecule has 5 nitrogen and oxygen atoms in total. The number of hydrogen-bond acceptors (Lipinski definition) is 5. The quantitative estimate of drug-likeness (QED) is 0.790. The van der Waals surface area contributed by atoms with Gasteiger partial charge in [0.25, 0.3) is 0 Å². The lowest BCUT2D eigenvalue weighted by Crippen LogP contribution is -2.13. The number of nitrogens with zero attached hydrogens (tertiary/aromatic N) is 2. The van der Waals surface area contributed by atoms with E-state index >= 15 is 0 Å². The highest BCUT2D eigenvalue weighted by Gasteiger charge is 2.27. The van der Waals surface area contributed by atoms with Crippen LogP contribution in [0.4, 0.5) is 0 Å². The number of hydrogen-bond donors (Lipinski definition) is 1. The van der Waals surface area contributed by atoms with Gasteiger partial charge in [0.15, 0.2) is 11.5 Å². The van der Waals surface area contributed by atoms with E-state index in [2.05, 4.69) is 17.1 Å². The summed E-state index contributed by atoms with van der Waals surface area (Å²) in [6.45, 7) is 9.13. The first-order chi connectivity index (χ1) is 13.1. The third kappa shape index (κ3) is 3.68. The van der Waals surface area contributed by atoms with Crippen molar-refractivity contribution in [3.8, 4) is 17.2 Å². The molecule has 3 rings (SSSR count). The highest BCUT2D eigenvalue weighted by Crippen LogP contribution is 2.39. The number of rotatable bonds is 6. The van der Waals surface area contributed by atoms with Gasteiger partial charge in [0.05, 0.1) is 13.2 Å². The minimum atomic E-state index is 0.127. The normalized spacial score (nSPS) is 16.1. The second-order valence-corrected chi connectivity index (χ2v) is 6.42. The Morgan fingerprint density at radius 1 is 0.926 bits per heavy atom. The van der Waals surface area contributed by atoms with Crippen LogP contribution in [0.2, 0.25) is 0 Å². The highest BCUT2D eigenvalue weighted by molar-refractivity contribution is 6.17. The maximum atomic E-state index is 10.4. The molecule has 27 heavy (non-hydrogen) atoms. The van der Waals surface area contributed by atoms with E-state index in [1.807, 2.05) is 45.0 Å². The van der Waals surface area contributed by atoms with E-state index in [1.165, 1.54) is 0 Å². The van der Waals surface area contributed by atoms with Crippen LogP contribution in [-0.4, -0.2) is 29.7 Å². The fourth-order valence-corrected chi connectivity index (χ4v) is 3.47. The average molecular weight is 366 g/mol. The lowest BCUT2D eigenvalue weighted by molar-refractivity contribution is 0.287. The zero-order valence-electron chi connectivity index (χ0n) is 16.3. The van der Waals surface area contributed by atoms with Crippen molar-refractivity contribution in [2.75, 3.05) is 13.2 Å². The van der Waals surface area contributed by atoms with Gasteiger partial charge in [-0.2, -0.15) is 5.10 Å². The van der Waals surface area contributed by atoms with Gasteiger partial charge in [-0.15, -0.1) is 5.10 Å². The molecule has 0 saturated carbocycles. The van der Waals surface area contributed by atoms with E-state index in [4.69, 9.17) is 9.47 Å². The van der Waals surface area contributed by atoms with Crippen molar-refractivity contribution in [3.63, 3.8) is 0 Å². The van der Waals surface area contributed by atoms with Gasteiger partial charge in [-0.1, -0.05) is 19.1 Å². The smallest absolute Gasteiger partial charge is 0.161 e. The Bertz CT molecular complexity index is 887. The zero-order chi connectivity index (χ0) is 19.4. The first-order valence-electron chi connectivity index (χ1n) is 9.45. The van der Waals surface area contributed by atoms with Crippen molar-refractivity contribution in [2.24, 2.45) is 10.2 Å². The summed E-state index contributed by atoms with van der Waals surface area (Å²) >= 11 is 0. The summed E-state index contributed by atoms with van der Waals surface area (Å²) in [4.78, 5) is 0. The van der Waals surface area contributed by atoms with Gasteiger partial charge < -0.3 is 14.6 Å². The molecule has 5 heteroatoms. The molecule has 0 aromatic heterocycles. The SMILES string of the molecule is CCOc1cc2c(cc1OCC)[C@H](CC)C(C)=NN=C2c1ccccc1O. The van der Waals surface area contributed by atoms with Crippen molar-refractivity contribution < 1.29 is 14.6 Å². The molecule has 1 aliphatic heterocycles. The van der Waals surface area contributed by atoms with Gasteiger partial charge >= 0.3 is 0 Å². The molecule has 142 valence electrons. The summed E-state index contributed by atoms with van der Waals surface area (Å²) in [7, 11) is 0. The van der Waals surface area contributed by atoms with Gasteiger partial charge in [0.2, 0.25) is 0 Å². The third-order valence-electron chi connectivity index (χ3n) is 4.73. The van der Waals surface area contributed by atoms with Crippen LogP contribution in [0.25, 0.3) is 0 Å². The second kappa shape index (κ2) is 8.25. The van der Waals surface area contributed by atoms with Gasteiger partial charge in [-0.05, 0) is 57.0 Å². The van der Waals surface area contributed by atoms with Crippen LogP contribution in [0.5, 0.6) is 17.2 Å². The van der Waals surface area contributed by atoms with E-state index < -0.39 is 0 Å². The zero-order valence-corrected chi connectivity index (χ0v) is 16.3. The Hall–Kier alpha value is -2.82. The summed E-state index contributed by atoms with van der Waals surface area (Å²) in [6.07, 6.45) is 0.894. The summed E-state index contributed by atoms with van der Waals surface area (Å²) in [5, 5.41) is 19.3. The van der Waals surface area contributed by atoms with Crippen LogP contribution in [0.15, 0.2) is 46.6 Å².